The highest BCUT2D eigenvalue weighted by atomic mass is 35.5. The third-order valence-electron chi connectivity index (χ3n) is 9.79. The van der Waals surface area contributed by atoms with Crippen LogP contribution in [0.4, 0.5) is 11.8 Å². The van der Waals surface area contributed by atoms with Crippen LogP contribution in [0.2, 0.25) is 5.02 Å². The van der Waals surface area contributed by atoms with Gasteiger partial charge in [-0.1, -0.05) is 18.5 Å². The topological polar surface area (TPSA) is 113 Å². The molecule has 1 aromatic carbocycles. The first-order chi connectivity index (χ1) is 20.9. The third-order valence-corrected chi connectivity index (χ3v) is 11.3. The maximum Gasteiger partial charge on any atom is 0.350 e. The van der Waals surface area contributed by atoms with Crippen molar-refractivity contribution >= 4 is 57.1 Å². The number of aromatic nitrogens is 5. The Morgan fingerprint density at radius 3 is 2.60 bits per heavy atom. The van der Waals surface area contributed by atoms with Crippen LogP contribution in [0.5, 0.6) is 0 Å². The van der Waals surface area contributed by atoms with Gasteiger partial charge in [-0.2, -0.15) is 4.98 Å². The van der Waals surface area contributed by atoms with Gasteiger partial charge in [0.25, 0.3) is 0 Å². The SMILES string of the molecule is CCN1CCN(C[C@H]2CSc3c(-c4cn(C)c5cnc(N)nc45)c(Cl)cc4c(N5CC6CCC(C5)N6)nc(=O)n2c34)CC1. The maximum absolute atomic E-state index is 14.1. The first kappa shape index (κ1) is 27.6. The minimum absolute atomic E-state index is 0.0148. The van der Waals surface area contributed by atoms with Crippen LogP contribution in [0.1, 0.15) is 25.8 Å². The van der Waals surface area contributed by atoms with Crippen LogP contribution >= 0.6 is 23.4 Å². The van der Waals surface area contributed by atoms with E-state index in [9.17, 15) is 4.79 Å². The summed E-state index contributed by atoms with van der Waals surface area (Å²) in [5.41, 5.74) is 10.2. The number of hydrogen-bond donors (Lipinski definition) is 2. The van der Waals surface area contributed by atoms with Crippen molar-refractivity contribution in [2.24, 2.45) is 7.05 Å². The van der Waals surface area contributed by atoms with Gasteiger partial charge in [0.1, 0.15) is 11.3 Å². The lowest BCUT2D eigenvalue weighted by atomic mass is 10.0. The molecule has 0 aliphatic carbocycles. The molecule has 11 nitrogen and oxygen atoms in total. The van der Waals surface area contributed by atoms with E-state index in [1.54, 1.807) is 18.0 Å². The second-order valence-corrected chi connectivity index (χ2v) is 13.8. The Hall–Kier alpha value is -2.90. The van der Waals surface area contributed by atoms with Crippen LogP contribution in [0, 0.1) is 0 Å². The quantitative estimate of drug-likeness (QED) is 0.345. The number of halogens is 1. The molecule has 4 aromatic rings. The number of hydrogen-bond acceptors (Lipinski definition) is 10. The predicted octanol–water partition coefficient (Wildman–Crippen LogP) is 2.81. The first-order valence-electron chi connectivity index (χ1n) is 15.3. The number of aryl methyl sites for hydroxylation is 1. The summed E-state index contributed by atoms with van der Waals surface area (Å²) in [7, 11) is 1.98. The lowest BCUT2D eigenvalue weighted by Gasteiger charge is -2.38. The van der Waals surface area contributed by atoms with Crippen LogP contribution in [0.15, 0.2) is 28.2 Å². The van der Waals surface area contributed by atoms with Crippen molar-refractivity contribution in [2.75, 3.05) is 68.7 Å². The molecular weight excluding hydrogens is 584 g/mol. The second kappa shape index (κ2) is 10.6. The van der Waals surface area contributed by atoms with E-state index in [0.29, 0.717) is 17.1 Å². The van der Waals surface area contributed by atoms with Crippen LogP contribution < -0.4 is 21.6 Å². The summed E-state index contributed by atoms with van der Waals surface area (Å²) in [6.45, 7) is 9.95. The number of fused-ring (bicyclic) bond motifs is 3. The van der Waals surface area contributed by atoms with Gasteiger partial charge >= 0.3 is 5.69 Å². The van der Waals surface area contributed by atoms with E-state index in [1.807, 2.05) is 28.4 Å². The zero-order valence-electron chi connectivity index (χ0n) is 24.6. The zero-order chi connectivity index (χ0) is 29.4. The van der Waals surface area contributed by atoms with Crippen molar-refractivity contribution in [3.63, 3.8) is 0 Å². The fraction of sp³-hybridized carbons (Fsp3) is 0.533. The van der Waals surface area contributed by atoms with Crippen molar-refractivity contribution < 1.29 is 0 Å². The minimum atomic E-state index is -0.176. The molecule has 13 heteroatoms. The summed E-state index contributed by atoms with van der Waals surface area (Å²) in [6, 6.07) is 2.89. The van der Waals surface area contributed by atoms with Crippen molar-refractivity contribution in [3.8, 4) is 11.1 Å². The molecule has 3 atom stereocenters. The number of nitrogen functional groups attached to an aromatic ring is 1. The van der Waals surface area contributed by atoms with Crippen molar-refractivity contribution in [1.82, 2.24) is 39.2 Å². The number of likely N-dealkylation sites (N-methyl/N-ethyl adjacent to an activating group) is 1. The summed E-state index contributed by atoms with van der Waals surface area (Å²) in [5.74, 6) is 1.74. The molecule has 3 N–H and O–H groups in total. The largest absolute Gasteiger partial charge is 0.368 e. The number of anilines is 2. The Balaban J connectivity index is 1.31. The number of thioether (sulfide) groups is 1. The molecule has 4 aliphatic rings. The van der Waals surface area contributed by atoms with E-state index in [2.05, 4.69) is 36.9 Å². The molecular formula is C30H37ClN10OS. The van der Waals surface area contributed by atoms with E-state index in [-0.39, 0.29) is 17.7 Å². The highest BCUT2D eigenvalue weighted by Crippen LogP contribution is 2.49. The molecule has 3 aromatic heterocycles. The minimum Gasteiger partial charge on any atom is -0.368 e. The van der Waals surface area contributed by atoms with Gasteiger partial charge in [0.05, 0.1) is 28.3 Å². The normalized spacial score (nSPS) is 24.4. The Morgan fingerprint density at radius 1 is 1.12 bits per heavy atom. The number of piperazine rings is 2. The fourth-order valence-corrected chi connectivity index (χ4v) is 9.28. The van der Waals surface area contributed by atoms with Crippen LogP contribution in [-0.4, -0.2) is 104 Å². The Bertz CT molecular complexity index is 1790. The van der Waals surface area contributed by atoms with Crippen LogP contribution in [-0.2, 0) is 7.05 Å². The molecule has 3 fully saturated rings. The third kappa shape index (κ3) is 4.61. The molecule has 226 valence electrons. The van der Waals surface area contributed by atoms with E-state index < -0.39 is 0 Å². The molecule has 4 aliphatic heterocycles. The molecule has 2 bridgehead atoms. The molecule has 3 saturated heterocycles. The van der Waals surface area contributed by atoms with Crippen molar-refractivity contribution in [3.05, 3.63) is 34.0 Å². The summed E-state index contributed by atoms with van der Waals surface area (Å²) in [5, 5.41) is 5.28. The van der Waals surface area contributed by atoms with E-state index >= 15 is 0 Å². The Kier molecular flexibility index (Phi) is 6.83. The molecule has 2 unspecified atom stereocenters. The maximum atomic E-state index is 14.1. The smallest absolute Gasteiger partial charge is 0.350 e. The Morgan fingerprint density at radius 2 is 1.86 bits per heavy atom. The Labute approximate surface area is 259 Å². The number of nitrogens with one attached hydrogen (secondary N) is 1. The number of rotatable bonds is 5. The van der Waals surface area contributed by atoms with Gasteiger partial charge in [0.2, 0.25) is 5.95 Å². The zero-order valence-corrected chi connectivity index (χ0v) is 26.2. The lowest BCUT2D eigenvalue weighted by Crippen LogP contribution is -2.52. The average Bonchev–Trinajstić information content (AvgIpc) is 3.51. The standard InChI is InChI=1S/C30H37ClN10OS/c1-3-38-6-8-39(9-7-38)14-19-16-43-27-24(21-15-37(2)23-11-33-29(32)35-25(21)23)22(31)10-20-26(27)41(19)30(42)36-28(20)40-12-17-4-5-18(13-40)34-17/h10-11,15,17-19,34H,3-9,12-14,16H2,1-2H3,(H2,32,33,35)/t17?,18?,19-/m0/s1. The van der Waals surface area contributed by atoms with Crippen molar-refractivity contribution in [2.45, 2.75) is 42.8 Å². The number of nitrogens with two attached hydrogens (primary N) is 1. The van der Waals surface area contributed by atoms with Gasteiger partial charge in [-0.3, -0.25) is 9.47 Å². The molecule has 0 amide bonds. The average molecular weight is 621 g/mol. The van der Waals surface area contributed by atoms with Crippen LogP contribution in [0.3, 0.4) is 0 Å². The second-order valence-electron chi connectivity index (χ2n) is 12.4. The lowest BCUT2D eigenvalue weighted by molar-refractivity contribution is 0.126. The molecule has 0 radical (unpaired) electrons. The van der Waals surface area contributed by atoms with Gasteiger partial charge in [-0.15, -0.1) is 11.8 Å². The number of nitrogens with zero attached hydrogens (tertiary/aromatic N) is 8. The summed E-state index contributed by atoms with van der Waals surface area (Å²) >= 11 is 9.03. The van der Waals surface area contributed by atoms with E-state index in [1.165, 1.54) is 0 Å². The summed E-state index contributed by atoms with van der Waals surface area (Å²) in [6.07, 6.45) is 6.10. The molecule has 0 saturated carbocycles. The predicted molar refractivity (Wildman–Crippen MR) is 173 cm³/mol. The summed E-state index contributed by atoms with van der Waals surface area (Å²) < 4.78 is 3.98. The van der Waals surface area contributed by atoms with Gasteiger partial charge in [0.15, 0.2) is 0 Å². The monoisotopic (exact) mass is 620 g/mol. The highest BCUT2D eigenvalue weighted by molar-refractivity contribution is 7.99. The van der Waals surface area contributed by atoms with Crippen LogP contribution in [0.25, 0.3) is 33.1 Å². The van der Waals surface area contributed by atoms with Gasteiger partial charge in [-0.05, 0) is 25.5 Å². The fourth-order valence-electron chi connectivity index (χ4n) is 7.59. The van der Waals surface area contributed by atoms with Gasteiger partial charge in [-0.25, -0.2) is 14.8 Å². The number of benzene rings is 1. The first-order valence-corrected chi connectivity index (χ1v) is 16.7. The molecule has 0 spiro atoms. The molecule has 8 rings (SSSR count). The highest BCUT2D eigenvalue weighted by Gasteiger charge is 2.36. The molecule has 43 heavy (non-hydrogen) atoms. The van der Waals surface area contributed by atoms with Crippen molar-refractivity contribution in [1.29, 1.82) is 0 Å². The van der Waals surface area contributed by atoms with Gasteiger partial charge in [0, 0.05) is 98.3 Å². The molecule has 7 heterocycles. The van der Waals surface area contributed by atoms with Gasteiger partial charge < -0.3 is 25.4 Å². The van der Waals surface area contributed by atoms with E-state index in [4.69, 9.17) is 22.3 Å². The van der Waals surface area contributed by atoms with E-state index in [0.717, 1.165) is 115 Å². The summed E-state index contributed by atoms with van der Waals surface area (Å²) in [4.78, 5) is 36.1.